The monoisotopic (exact) mass is 750 g/mol. The maximum atomic E-state index is 13.5. The highest BCUT2D eigenvalue weighted by Gasteiger charge is 2.27. The van der Waals surface area contributed by atoms with Gasteiger partial charge in [0.1, 0.15) is 25.9 Å². The van der Waals surface area contributed by atoms with Crippen LogP contribution in [0.3, 0.4) is 0 Å². The van der Waals surface area contributed by atoms with E-state index >= 15 is 0 Å². The highest BCUT2D eigenvalue weighted by Crippen LogP contribution is 2.30. The topological polar surface area (TPSA) is 111 Å². The Hall–Kier alpha value is -3.72. The number of hydrogen-bond donors (Lipinski definition) is 1. The summed E-state index contributed by atoms with van der Waals surface area (Å²) >= 11 is 0. The van der Waals surface area contributed by atoms with E-state index in [0.29, 0.717) is 18.4 Å². The molecule has 2 atom stereocenters. The zero-order valence-corrected chi connectivity index (χ0v) is 35.0. The van der Waals surface area contributed by atoms with E-state index in [9.17, 15) is 14.4 Å². The van der Waals surface area contributed by atoms with Crippen LogP contribution in [0.25, 0.3) is 0 Å². The zero-order chi connectivity index (χ0) is 40.0. The number of ether oxygens (including phenoxy) is 3. The lowest BCUT2D eigenvalue weighted by molar-refractivity contribution is -0.153. The van der Waals surface area contributed by atoms with Crippen LogP contribution in [0.5, 0.6) is 0 Å². The van der Waals surface area contributed by atoms with Crippen LogP contribution < -0.4 is 0 Å². The Bertz CT molecular complexity index is 1400. The van der Waals surface area contributed by atoms with Crippen LogP contribution in [0.4, 0.5) is 0 Å². The number of carbonyl (C=O) groups is 3. The van der Waals surface area contributed by atoms with Gasteiger partial charge in [-0.15, -0.1) is 0 Å². The number of carbonyl (C=O) groups excluding carboxylic acids is 3. The van der Waals surface area contributed by atoms with Crippen LogP contribution >= 0.6 is 0 Å². The van der Waals surface area contributed by atoms with Crippen molar-refractivity contribution in [3.05, 3.63) is 77.4 Å². The van der Waals surface area contributed by atoms with E-state index in [0.717, 1.165) is 61.8 Å². The van der Waals surface area contributed by atoms with Gasteiger partial charge in [0.25, 0.3) is 0 Å². The number of hydrogen-bond acceptors (Lipinski definition) is 8. The fourth-order valence-corrected chi connectivity index (χ4v) is 5.77. The number of nitrogens with one attached hydrogen (secondary N) is 1. The minimum Gasteiger partial charge on any atom is -0.465 e. The molecule has 2 rings (SSSR count). The van der Waals surface area contributed by atoms with E-state index in [2.05, 4.69) is 88.8 Å². The summed E-state index contributed by atoms with van der Waals surface area (Å²) in [5.41, 5.74) is 3.03. The number of allylic oxidation sites excluding steroid dienone is 4. The molecule has 54 heavy (non-hydrogen) atoms. The van der Waals surface area contributed by atoms with Gasteiger partial charge in [0, 0.05) is 24.7 Å². The largest absolute Gasteiger partial charge is 0.465 e. The maximum Gasteiger partial charge on any atom is 0.338 e. The number of aromatic nitrogens is 2. The van der Waals surface area contributed by atoms with Gasteiger partial charge in [0.2, 0.25) is 0 Å². The number of unbranched alkanes of at least 4 members (excludes halogenated alkanes) is 8. The van der Waals surface area contributed by atoms with Crippen LogP contribution in [-0.2, 0) is 41.1 Å². The zero-order valence-electron chi connectivity index (χ0n) is 35.0. The third-order valence-electron chi connectivity index (χ3n) is 9.49. The fourth-order valence-electron chi connectivity index (χ4n) is 5.77. The van der Waals surface area contributed by atoms with Crippen molar-refractivity contribution in [2.75, 3.05) is 33.9 Å². The molecule has 1 aromatic heterocycles. The Morgan fingerprint density at radius 2 is 1.33 bits per heavy atom. The van der Waals surface area contributed by atoms with Crippen molar-refractivity contribution < 1.29 is 28.6 Å². The van der Waals surface area contributed by atoms with Gasteiger partial charge in [-0.2, -0.15) is 0 Å². The molecule has 2 aromatic rings. The van der Waals surface area contributed by atoms with Crippen LogP contribution in [0.15, 0.2) is 55.0 Å². The molecule has 0 amide bonds. The van der Waals surface area contributed by atoms with Crippen molar-refractivity contribution >= 4 is 17.9 Å². The Balaban J connectivity index is 1.92. The molecule has 0 spiro atoms. The first-order chi connectivity index (χ1) is 25.6. The van der Waals surface area contributed by atoms with E-state index < -0.39 is 23.9 Å². The molecule has 9 heteroatoms. The Morgan fingerprint density at radius 3 is 1.91 bits per heavy atom. The summed E-state index contributed by atoms with van der Waals surface area (Å²) in [5.74, 6) is -1.73. The van der Waals surface area contributed by atoms with Crippen LogP contribution in [0, 0.1) is 5.92 Å². The van der Waals surface area contributed by atoms with E-state index in [1.807, 2.05) is 26.2 Å². The van der Waals surface area contributed by atoms with E-state index in [-0.39, 0.29) is 36.6 Å². The van der Waals surface area contributed by atoms with E-state index in [4.69, 9.17) is 14.2 Å². The summed E-state index contributed by atoms with van der Waals surface area (Å²) in [4.78, 5) is 48.3. The molecule has 0 bridgehead atoms. The van der Waals surface area contributed by atoms with Crippen molar-refractivity contribution in [2.45, 2.75) is 149 Å². The van der Waals surface area contributed by atoms with Gasteiger partial charge < -0.3 is 19.2 Å². The molecule has 2 unspecified atom stereocenters. The lowest BCUT2D eigenvalue weighted by Gasteiger charge is -2.26. The van der Waals surface area contributed by atoms with Gasteiger partial charge in [0.15, 0.2) is 0 Å². The summed E-state index contributed by atoms with van der Waals surface area (Å²) in [6.07, 6.45) is 25.2. The predicted octanol–water partition coefficient (Wildman–Crippen LogP) is 9.85. The third-order valence-corrected chi connectivity index (χ3v) is 9.49. The number of benzene rings is 1. The molecule has 0 radical (unpaired) electrons. The summed E-state index contributed by atoms with van der Waals surface area (Å²) in [6, 6.07) is 5.37. The first-order valence-corrected chi connectivity index (χ1v) is 20.2. The highest BCUT2D eigenvalue weighted by atomic mass is 16.6. The Kier molecular flexibility index (Phi) is 21.2. The van der Waals surface area contributed by atoms with Gasteiger partial charge in [-0.3, -0.25) is 14.5 Å². The molecule has 0 aliphatic rings. The third kappa shape index (κ3) is 19.0. The SMILES string of the molecule is CCCCC/C=C\C/C=C\CCCCCCCC(=O)OCC(COC(=O)c1cc(C(C)(C)C)cc(C(C)(C)C)c1)COC(=O)C(Cc1cnc[nH]1)N(C)C. The normalized spacial score (nSPS) is 13.4. The van der Waals surface area contributed by atoms with Gasteiger partial charge >= 0.3 is 17.9 Å². The van der Waals surface area contributed by atoms with Crippen LogP contribution in [0.1, 0.15) is 153 Å². The molecule has 0 saturated heterocycles. The maximum absolute atomic E-state index is 13.5. The van der Waals surface area contributed by atoms with E-state index in [1.165, 1.54) is 25.7 Å². The number of nitrogens with zero attached hydrogens (tertiary/aromatic N) is 2. The summed E-state index contributed by atoms with van der Waals surface area (Å²) < 4.78 is 17.2. The fraction of sp³-hybridized carbons (Fsp3) is 0.644. The predicted molar refractivity (Wildman–Crippen MR) is 219 cm³/mol. The summed E-state index contributed by atoms with van der Waals surface area (Å²) in [7, 11) is 3.63. The van der Waals surface area contributed by atoms with Crippen molar-refractivity contribution in [1.82, 2.24) is 14.9 Å². The van der Waals surface area contributed by atoms with Gasteiger partial charge in [-0.25, -0.2) is 9.78 Å². The smallest absolute Gasteiger partial charge is 0.338 e. The number of likely N-dealkylation sites (N-methyl/N-ethyl adjacent to an activating group) is 1. The number of aromatic amines is 1. The number of esters is 3. The molecule has 0 fully saturated rings. The standard InChI is InChI=1S/C45H71N3O6/c1-10-11-12-13-14-15-16-17-18-19-20-21-22-23-24-25-41(49)52-31-35(33-54-43(51)40(48(8)9)29-39-30-46-34-47-39)32-53-42(50)36-26-37(44(2,3)4)28-38(27-36)45(5,6)7/h14-15,17-18,26-28,30,34-35,40H,10-13,16,19-25,29,31-33H2,1-9H3,(H,46,47)/b15-14-,18-17-. The van der Waals surface area contributed by atoms with Gasteiger partial charge in [-0.05, 0) is 86.7 Å². The van der Waals surface area contributed by atoms with Crippen molar-refractivity contribution in [1.29, 1.82) is 0 Å². The molecule has 9 nitrogen and oxygen atoms in total. The molecule has 0 saturated carbocycles. The minimum absolute atomic E-state index is 0.0257. The second-order valence-electron chi connectivity index (χ2n) is 16.8. The average molecular weight is 750 g/mol. The number of H-pyrrole nitrogens is 1. The molecule has 0 aliphatic carbocycles. The average Bonchev–Trinajstić information content (AvgIpc) is 3.64. The van der Waals surface area contributed by atoms with Gasteiger partial charge in [-0.1, -0.05) is 111 Å². The second-order valence-corrected chi connectivity index (χ2v) is 16.8. The second kappa shape index (κ2) is 24.6. The minimum atomic E-state index is -0.551. The molecule has 1 aromatic carbocycles. The van der Waals surface area contributed by atoms with Crippen molar-refractivity contribution in [2.24, 2.45) is 5.92 Å². The lowest BCUT2D eigenvalue weighted by Crippen LogP contribution is -2.40. The highest BCUT2D eigenvalue weighted by molar-refractivity contribution is 5.90. The first-order valence-electron chi connectivity index (χ1n) is 20.2. The molecule has 0 aliphatic heterocycles. The summed E-state index contributed by atoms with van der Waals surface area (Å²) in [6.45, 7) is 14.8. The quantitative estimate of drug-likeness (QED) is 0.0463. The van der Waals surface area contributed by atoms with Crippen LogP contribution in [0.2, 0.25) is 0 Å². The van der Waals surface area contributed by atoms with Crippen molar-refractivity contribution in [3.8, 4) is 0 Å². The van der Waals surface area contributed by atoms with Crippen LogP contribution in [-0.4, -0.2) is 72.7 Å². The lowest BCUT2D eigenvalue weighted by atomic mass is 9.79. The molecule has 1 N–H and O–H groups in total. The van der Waals surface area contributed by atoms with E-state index in [1.54, 1.807) is 17.4 Å². The Morgan fingerprint density at radius 1 is 0.759 bits per heavy atom. The molecule has 1 heterocycles. The Labute approximate surface area is 326 Å². The first kappa shape index (κ1) is 46.4. The number of imidazole rings is 1. The summed E-state index contributed by atoms with van der Waals surface area (Å²) in [5, 5.41) is 0. The van der Waals surface area contributed by atoms with Crippen molar-refractivity contribution in [3.63, 3.8) is 0 Å². The number of rotatable bonds is 25. The molecular weight excluding hydrogens is 679 g/mol. The van der Waals surface area contributed by atoms with Gasteiger partial charge in [0.05, 0.1) is 17.8 Å². The molecule has 302 valence electrons. The molecular formula is C45H71N3O6.